The zero-order valence-corrected chi connectivity index (χ0v) is 21.1. The van der Waals surface area contributed by atoms with E-state index in [1.54, 1.807) is 33.6 Å². The molecule has 0 saturated heterocycles. The zero-order valence-electron chi connectivity index (χ0n) is 21.1. The number of nitrogens with zero attached hydrogens (tertiary/aromatic N) is 4. The number of methoxy groups -OCH3 is 3. The van der Waals surface area contributed by atoms with E-state index in [0.717, 1.165) is 11.3 Å². The Kier molecular flexibility index (Phi) is 6.77. The van der Waals surface area contributed by atoms with E-state index in [1.807, 2.05) is 60.7 Å². The van der Waals surface area contributed by atoms with Crippen LogP contribution < -0.4 is 25.3 Å². The molecule has 10 heteroatoms. The number of nitrogens with two attached hydrogens (primary N) is 1. The van der Waals surface area contributed by atoms with Gasteiger partial charge in [0, 0.05) is 12.1 Å². The molecule has 0 atom stereocenters. The summed E-state index contributed by atoms with van der Waals surface area (Å²) in [5.74, 6) is 1.54. The molecule has 0 aliphatic rings. The highest BCUT2D eigenvalue weighted by molar-refractivity contribution is 6.10. The number of aromatic nitrogens is 3. The Morgan fingerprint density at radius 1 is 0.947 bits per heavy atom. The Morgan fingerprint density at radius 2 is 1.68 bits per heavy atom. The first-order chi connectivity index (χ1) is 18.5. The van der Waals surface area contributed by atoms with E-state index < -0.39 is 0 Å². The molecule has 0 spiro atoms. The van der Waals surface area contributed by atoms with Crippen LogP contribution >= 0.6 is 0 Å². The van der Waals surface area contributed by atoms with Crippen LogP contribution in [0.5, 0.6) is 17.2 Å². The van der Waals surface area contributed by atoms with Gasteiger partial charge >= 0.3 is 0 Å². The molecule has 3 aromatic carbocycles. The molecular weight excluding hydrogens is 484 g/mol. The Labute approximate surface area is 218 Å². The fourth-order valence-corrected chi connectivity index (χ4v) is 4.14. The molecule has 2 aromatic heterocycles. The molecule has 0 saturated carbocycles. The summed E-state index contributed by atoms with van der Waals surface area (Å²) in [5, 5.41) is 7.50. The molecule has 5 aromatic rings. The van der Waals surface area contributed by atoms with E-state index in [4.69, 9.17) is 29.9 Å². The topological polar surface area (TPSA) is 126 Å². The summed E-state index contributed by atoms with van der Waals surface area (Å²) in [5.41, 5.74) is 10.3. The van der Waals surface area contributed by atoms with E-state index in [-0.39, 0.29) is 17.3 Å². The Morgan fingerprint density at radius 3 is 2.37 bits per heavy atom. The van der Waals surface area contributed by atoms with Crippen molar-refractivity contribution < 1.29 is 19.0 Å². The Hall–Kier alpha value is -5.12. The lowest BCUT2D eigenvalue weighted by Gasteiger charge is -2.09. The molecule has 192 valence electrons. The minimum Gasteiger partial charge on any atom is -0.497 e. The second-order valence-corrected chi connectivity index (χ2v) is 8.31. The van der Waals surface area contributed by atoms with Crippen LogP contribution in [0.2, 0.25) is 0 Å². The molecule has 5 rings (SSSR count). The van der Waals surface area contributed by atoms with E-state index in [0.29, 0.717) is 45.8 Å². The maximum Gasteiger partial charge on any atom is 0.257 e. The van der Waals surface area contributed by atoms with Gasteiger partial charge in [-0.3, -0.25) is 4.79 Å². The van der Waals surface area contributed by atoms with Gasteiger partial charge in [-0.15, -0.1) is 0 Å². The molecule has 0 aliphatic carbocycles. The maximum absolute atomic E-state index is 13.4. The van der Waals surface area contributed by atoms with Crippen molar-refractivity contribution in [1.82, 2.24) is 20.0 Å². The molecule has 0 radical (unpaired) electrons. The van der Waals surface area contributed by atoms with Gasteiger partial charge in [0.1, 0.15) is 22.6 Å². The SMILES string of the molecule is COc1ccc(CNC(=O)c2c(N)n(/N=C\c3cccc(OC)c3OC)c3nc4ccccc4nc23)cc1. The third kappa shape index (κ3) is 4.55. The van der Waals surface area contributed by atoms with Gasteiger partial charge in [-0.1, -0.05) is 30.3 Å². The largest absolute Gasteiger partial charge is 0.497 e. The van der Waals surface area contributed by atoms with Gasteiger partial charge in [0.05, 0.1) is 38.6 Å². The van der Waals surface area contributed by atoms with Crippen molar-refractivity contribution in [3.8, 4) is 17.2 Å². The lowest BCUT2D eigenvalue weighted by Crippen LogP contribution is -2.23. The Balaban J connectivity index is 1.57. The van der Waals surface area contributed by atoms with Crippen LogP contribution in [0.4, 0.5) is 5.82 Å². The number of hydrogen-bond donors (Lipinski definition) is 2. The molecule has 0 fully saturated rings. The van der Waals surface area contributed by atoms with Gasteiger partial charge < -0.3 is 25.3 Å². The van der Waals surface area contributed by atoms with Crippen molar-refractivity contribution in [3.05, 3.63) is 83.4 Å². The summed E-state index contributed by atoms with van der Waals surface area (Å²) in [6, 6.07) is 20.3. The fraction of sp³-hybridized carbons (Fsp3) is 0.143. The van der Waals surface area contributed by atoms with Gasteiger partial charge in [0.25, 0.3) is 5.91 Å². The van der Waals surface area contributed by atoms with E-state index in [9.17, 15) is 4.79 Å². The number of hydrogen-bond acceptors (Lipinski definition) is 8. The number of ether oxygens (including phenoxy) is 3. The summed E-state index contributed by atoms with van der Waals surface area (Å²) in [6.45, 7) is 0.292. The molecule has 0 aliphatic heterocycles. The fourth-order valence-electron chi connectivity index (χ4n) is 4.14. The van der Waals surface area contributed by atoms with Gasteiger partial charge in [-0.25, -0.2) is 9.97 Å². The molecule has 3 N–H and O–H groups in total. The van der Waals surface area contributed by atoms with Crippen LogP contribution in [-0.2, 0) is 6.54 Å². The Bertz CT molecular complexity index is 1660. The van der Waals surface area contributed by atoms with Gasteiger partial charge in [0.15, 0.2) is 17.1 Å². The van der Waals surface area contributed by atoms with Crippen LogP contribution in [0, 0.1) is 0 Å². The number of nitrogen functional groups attached to an aromatic ring is 1. The molecule has 0 unspecified atom stereocenters. The van der Waals surface area contributed by atoms with Crippen LogP contribution in [0.3, 0.4) is 0 Å². The highest BCUT2D eigenvalue weighted by Gasteiger charge is 2.24. The summed E-state index contributed by atoms with van der Waals surface area (Å²) in [6.07, 6.45) is 1.58. The van der Waals surface area contributed by atoms with Crippen LogP contribution in [0.1, 0.15) is 21.5 Å². The highest BCUT2D eigenvalue weighted by atomic mass is 16.5. The standard InChI is InChI=1S/C28H26N6O4/c1-36-19-13-11-17(12-14-19)15-30-28(35)23-24-27(33-21-9-5-4-8-20(21)32-24)34(26(23)29)31-16-18-7-6-10-22(37-2)25(18)38-3/h4-14,16H,15,29H2,1-3H3,(H,30,35)/b31-16-. The average molecular weight is 511 g/mol. The quantitative estimate of drug-likeness (QED) is 0.302. The second-order valence-electron chi connectivity index (χ2n) is 8.31. The van der Waals surface area contributed by atoms with E-state index in [1.165, 1.54) is 4.68 Å². The normalized spacial score (nSPS) is 11.2. The number of amides is 1. The molecule has 10 nitrogen and oxygen atoms in total. The van der Waals surface area contributed by atoms with Crippen LogP contribution in [-0.4, -0.2) is 48.1 Å². The van der Waals surface area contributed by atoms with Crippen molar-refractivity contribution in [2.75, 3.05) is 27.1 Å². The second kappa shape index (κ2) is 10.5. The van der Waals surface area contributed by atoms with Crippen LogP contribution in [0.15, 0.2) is 71.8 Å². The summed E-state index contributed by atoms with van der Waals surface area (Å²) in [4.78, 5) is 22.8. The first kappa shape index (κ1) is 24.6. The van der Waals surface area contributed by atoms with E-state index in [2.05, 4.69) is 10.4 Å². The third-order valence-electron chi connectivity index (χ3n) is 6.06. The molecule has 0 bridgehead atoms. The van der Waals surface area contributed by atoms with Gasteiger partial charge in [0.2, 0.25) is 0 Å². The first-order valence-electron chi connectivity index (χ1n) is 11.8. The van der Waals surface area contributed by atoms with Crippen molar-refractivity contribution in [3.63, 3.8) is 0 Å². The third-order valence-corrected chi connectivity index (χ3v) is 6.06. The molecule has 38 heavy (non-hydrogen) atoms. The number of fused-ring (bicyclic) bond motifs is 2. The van der Waals surface area contributed by atoms with Crippen molar-refractivity contribution in [2.24, 2.45) is 5.10 Å². The number of carbonyl (C=O) groups excluding carboxylic acids is 1. The van der Waals surface area contributed by atoms with Crippen molar-refractivity contribution in [2.45, 2.75) is 6.54 Å². The summed E-state index contributed by atoms with van der Waals surface area (Å²) < 4.78 is 17.5. The minimum atomic E-state index is -0.388. The predicted octanol–water partition coefficient (Wildman–Crippen LogP) is 4.00. The van der Waals surface area contributed by atoms with Crippen LogP contribution in [0.25, 0.3) is 22.2 Å². The minimum absolute atomic E-state index is 0.112. The molecular formula is C28H26N6O4. The number of anilines is 1. The monoisotopic (exact) mass is 510 g/mol. The number of nitrogens with one attached hydrogen (secondary N) is 1. The van der Waals surface area contributed by atoms with Crippen molar-refractivity contribution >= 4 is 40.1 Å². The zero-order chi connectivity index (χ0) is 26.6. The predicted molar refractivity (Wildman–Crippen MR) is 146 cm³/mol. The number of carbonyl (C=O) groups is 1. The van der Waals surface area contributed by atoms with Gasteiger partial charge in [-0.05, 0) is 42.0 Å². The highest BCUT2D eigenvalue weighted by Crippen LogP contribution is 2.31. The first-order valence-corrected chi connectivity index (χ1v) is 11.8. The van der Waals surface area contributed by atoms with Crippen molar-refractivity contribution in [1.29, 1.82) is 0 Å². The number of para-hydroxylation sites is 3. The lowest BCUT2D eigenvalue weighted by molar-refractivity contribution is 0.0953. The van der Waals surface area contributed by atoms with Gasteiger partial charge in [-0.2, -0.15) is 9.78 Å². The van der Waals surface area contributed by atoms with E-state index >= 15 is 0 Å². The maximum atomic E-state index is 13.4. The molecule has 1 amide bonds. The molecule has 2 heterocycles. The smallest absolute Gasteiger partial charge is 0.257 e. The average Bonchev–Trinajstić information content (AvgIpc) is 3.23. The number of benzene rings is 3. The summed E-state index contributed by atoms with van der Waals surface area (Å²) >= 11 is 0. The summed E-state index contributed by atoms with van der Waals surface area (Å²) in [7, 11) is 4.72. The number of rotatable bonds is 8. The lowest BCUT2D eigenvalue weighted by atomic mass is 10.2.